The van der Waals surface area contributed by atoms with Crippen LogP contribution >= 0.6 is 0 Å². The molecule has 1 heterocycles. The van der Waals surface area contributed by atoms with Gasteiger partial charge in [-0.3, -0.25) is 4.79 Å². The van der Waals surface area contributed by atoms with E-state index in [0.717, 1.165) is 0 Å². The highest BCUT2D eigenvalue weighted by Crippen LogP contribution is 2.13. The maximum Gasteiger partial charge on any atom is 0.355 e. The molecule has 2 aromatic rings. The van der Waals surface area contributed by atoms with Crippen LogP contribution in [0, 0.1) is 0 Å². The van der Waals surface area contributed by atoms with Crippen LogP contribution in [0.25, 0.3) is 10.9 Å². The van der Waals surface area contributed by atoms with Crippen LogP contribution in [0.1, 0.15) is 23.0 Å². The smallest absolute Gasteiger partial charge is 0.355 e. The average molecular weight is 257 g/mol. The number of esters is 1. The Balaban J connectivity index is 2.73. The molecule has 4 nitrogen and oxygen atoms in total. The largest absolute Gasteiger partial charge is 0.461 e. The molecule has 0 bridgehead atoms. The number of pyridine rings is 1. The van der Waals surface area contributed by atoms with Gasteiger partial charge in [-0.2, -0.15) is 0 Å². The molecule has 1 aromatic carbocycles. The second-order valence-corrected chi connectivity index (χ2v) is 4.07. The van der Waals surface area contributed by atoms with Gasteiger partial charge in [0.2, 0.25) is 0 Å². The number of nitrogens with one attached hydrogen (secondary N) is 1. The van der Waals surface area contributed by atoms with Crippen LogP contribution in [0.4, 0.5) is 0 Å². The molecule has 4 heteroatoms. The number of fused-ring (bicyclic) bond motifs is 1. The fourth-order valence-electron chi connectivity index (χ4n) is 1.99. The zero-order valence-corrected chi connectivity index (χ0v) is 10.7. The van der Waals surface area contributed by atoms with Gasteiger partial charge in [0, 0.05) is 16.5 Å². The summed E-state index contributed by atoms with van der Waals surface area (Å²) in [7, 11) is 0. The lowest BCUT2D eigenvalue weighted by Crippen LogP contribution is -2.19. The Bertz CT molecular complexity index is 685. The summed E-state index contributed by atoms with van der Waals surface area (Å²) >= 11 is 0. The third-order valence-corrected chi connectivity index (χ3v) is 2.84. The number of hydrogen-bond donors (Lipinski definition) is 1. The number of para-hydroxylation sites is 1. The number of aromatic amines is 1. The van der Waals surface area contributed by atoms with Gasteiger partial charge in [-0.25, -0.2) is 4.79 Å². The van der Waals surface area contributed by atoms with Crippen LogP contribution < -0.4 is 5.43 Å². The number of carbonyl (C=O) groups is 1. The van der Waals surface area contributed by atoms with E-state index in [1.165, 1.54) is 0 Å². The molecule has 0 fully saturated rings. The summed E-state index contributed by atoms with van der Waals surface area (Å²) in [5, 5.41) is 0.562. The fourth-order valence-corrected chi connectivity index (χ4v) is 1.99. The van der Waals surface area contributed by atoms with Gasteiger partial charge >= 0.3 is 5.97 Å². The average Bonchev–Trinajstić information content (AvgIpc) is 2.42. The van der Waals surface area contributed by atoms with Gasteiger partial charge in [0.05, 0.1) is 6.61 Å². The molecule has 0 atom stereocenters. The number of allylic oxidation sites excluding steroid dienone is 1. The summed E-state index contributed by atoms with van der Waals surface area (Å²) in [5.74, 6) is -0.512. The van der Waals surface area contributed by atoms with Gasteiger partial charge < -0.3 is 9.72 Å². The molecule has 98 valence electrons. The first-order valence-electron chi connectivity index (χ1n) is 6.11. The molecule has 0 unspecified atom stereocenters. The summed E-state index contributed by atoms with van der Waals surface area (Å²) in [6, 6.07) is 7.09. The van der Waals surface area contributed by atoms with Crippen LogP contribution in [0.5, 0.6) is 0 Å². The first-order valence-corrected chi connectivity index (χ1v) is 6.11. The van der Waals surface area contributed by atoms with Gasteiger partial charge in [0.1, 0.15) is 5.69 Å². The first-order chi connectivity index (χ1) is 9.19. The van der Waals surface area contributed by atoms with Gasteiger partial charge in [-0.1, -0.05) is 18.2 Å². The van der Waals surface area contributed by atoms with E-state index in [2.05, 4.69) is 11.6 Å². The standard InChI is InChI=1S/C15H15NO3/c1-3-7-11-13(15(18)19-4-2)16-12-9-6-5-8-10(12)14(11)17/h3,5-6,8-9H,1,4,7H2,2H3,(H,16,17). The van der Waals surface area contributed by atoms with Gasteiger partial charge in [-0.15, -0.1) is 6.58 Å². The Morgan fingerprint density at radius 3 is 2.84 bits per heavy atom. The molecule has 0 saturated heterocycles. The number of ether oxygens (including phenoxy) is 1. The Hall–Kier alpha value is -2.36. The molecular formula is C15H15NO3. The minimum atomic E-state index is -0.512. The monoisotopic (exact) mass is 257 g/mol. The van der Waals surface area contributed by atoms with Crippen molar-refractivity contribution in [2.24, 2.45) is 0 Å². The molecule has 0 aliphatic rings. The normalized spacial score (nSPS) is 10.4. The van der Waals surface area contributed by atoms with Crippen molar-refractivity contribution >= 4 is 16.9 Å². The number of H-pyrrole nitrogens is 1. The van der Waals surface area contributed by atoms with Crippen LogP contribution in [-0.2, 0) is 11.2 Å². The van der Waals surface area contributed by atoms with Crippen molar-refractivity contribution in [1.82, 2.24) is 4.98 Å². The minimum absolute atomic E-state index is 0.155. The van der Waals surface area contributed by atoms with E-state index in [1.54, 1.807) is 37.3 Å². The molecule has 0 spiro atoms. The van der Waals surface area contributed by atoms with Crippen LogP contribution in [0.3, 0.4) is 0 Å². The third-order valence-electron chi connectivity index (χ3n) is 2.84. The van der Waals surface area contributed by atoms with Crippen molar-refractivity contribution in [2.45, 2.75) is 13.3 Å². The van der Waals surface area contributed by atoms with E-state index in [-0.39, 0.29) is 17.7 Å². The molecule has 1 N–H and O–H groups in total. The van der Waals surface area contributed by atoms with Crippen molar-refractivity contribution in [1.29, 1.82) is 0 Å². The third kappa shape index (κ3) is 2.42. The molecular weight excluding hydrogens is 242 g/mol. The molecule has 0 aliphatic carbocycles. The van der Waals surface area contributed by atoms with Gasteiger partial charge in [-0.05, 0) is 25.5 Å². The summed E-state index contributed by atoms with van der Waals surface area (Å²) in [5.41, 5.74) is 1.08. The quantitative estimate of drug-likeness (QED) is 0.676. The maximum absolute atomic E-state index is 12.4. The molecule has 0 amide bonds. The zero-order chi connectivity index (χ0) is 13.8. The van der Waals surface area contributed by atoms with E-state index in [9.17, 15) is 9.59 Å². The van der Waals surface area contributed by atoms with Crippen molar-refractivity contribution in [3.8, 4) is 0 Å². The van der Waals surface area contributed by atoms with Gasteiger partial charge in [0.15, 0.2) is 5.43 Å². The Labute approximate surface area is 110 Å². The van der Waals surface area contributed by atoms with Gasteiger partial charge in [0.25, 0.3) is 0 Å². The van der Waals surface area contributed by atoms with E-state index < -0.39 is 5.97 Å². The summed E-state index contributed by atoms with van der Waals surface area (Å²) in [6.45, 7) is 5.61. The summed E-state index contributed by atoms with van der Waals surface area (Å²) in [6.07, 6.45) is 1.93. The Kier molecular flexibility index (Phi) is 3.80. The highest BCUT2D eigenvalue weighted by molar-refractivity contribution is 5.93. The highest BCUT2D eigenvalue weighted by atomic mass is 16.5. The van der Waals surface area contributed by atoms with Crippen LogP contribution in [0.15, 0.2) is 41.7 Å². The molecule has 0 aliphatic heterocycles. The number of rotatable bonds is 4. The highest BCUT2D eigenvalue weighted by Gasteiger charge is 2.17. The van der Waals surface area contributed by atoms with Crippen LogP contribution in [-0.4, -0.2) is 17.6 Å². The van der Waals surface area contributed by atoms with E-state index in [4.69, 9.17) is 4.74 Å². The Morgan fingerprint density at radius 1 is 1.42 bits per heavy atom. The molecule has 0 saturated carbocycles. The van der Waals surface area contributed by atoms with Crippen molar-refractivity contribution in [3.63, 3.8) is 0 Å². The van der Waals surface area contributed by atoms with Crippen molar-refractivity contribution in [3.05, 3.63) is 58.4 Å². The summed E-state index contributed by atoms with van der Waals surface area (Å²) < 4.78 is 4.98. The molecule has 19 heavy (non-hydrogen) atoms. The maximum atomic E-state index is 12.4. The van der Waals surface area contributed by atoms with E-state index in [1.807, 2.05) is 0 Å². The topological polar surface area (TPSA) is 59.2 Å². The van der Waals surface area contributed by atoms with E-state index >= 15 is 0 Å². The van der Waals surface area contributed by atoms with Crippen molar-refractivity contribution < 1.29 is 9.53 Å². The number of hydrogen-bond acceptors (Lipinski definition) is 3. The zero-order valence-electron chi connectivity index (χ0n) is 10.7. The number of benzene rings is 1. The second-order valence-electron chi connectivity index (χ2n) is 4.07. The lowest BCUT2D eigenvalue weighted by Gasteiger charge is -2.09. The SMILES string of the molecule is C=CCc1c(C(=O)OCC)[nH]c2ccccc2c1=O. The fraction of sp³-hybridized carbons (Fsp3) is 0.200. The molecule has 0 radical (unpaired) electrons. The predicted molar refractivity (Wildman–Crippen MR) is 74.4 cm³/mol. The first kappa shape index (κ1) is 13.1. The minimum Gasteiger partial charge on any atom is -0.461 e. The molecule has 1 aromatic heterocycles. The lowest BCUT2D eigenvalue weighted by atomic mass is 10.1. The van der Waals surface area contributed by atoms with Crippen LogP contribution in [0.2, 0.25) is 0 Å². The number of carbonyl (C=O) groups excluding carboxylic acids is 1. The number of aromatic nitrogens is 1. The summed E-state index contributed by atoms with van der Waals surface area (Å²) in [4.78, 5) is 27.3. The predicted octanol–water partition coefficient (Wildman–Crippen LogP) is 2.43. The van der Waals surface area contributed by atoms with E-state index in [0.29, 0.717) is 22.9 Å². The molecule has 2 rings (SSSR count). The lowest BCUT2D eigenvalue weighted by molar-refractivity contribution is 0.0518. The Morgan fingerprint density at radius 2 is 2.16 bits per heavy atom. The van der Waals surface area contributed by atoms with Crippen molar-refractivity contribution in [2.75, 3.05) is 6.61 Å². The second kappa shape index (κ2) is 5.52.